The Bertz CT molecular complexity index is 2090. The fourth-order valence-corrected chi connectivity index (χ4v) is 5.51. The number of hydrogen-bond donors (Lipinski definition) is 0. The lowest BCUT2D eigenvalue weighted by atomic mass is 9.98. The second-order valence-corrected chi connectivity index (χ2v) is 10.2. The number of nitrogens with zero attached hydrogens (tertiary/aromatic N) is 2. The summed E-state index contributed by atoms with van der Waals surface area (Å²) in [4.78, 5) is 28.4. The van der Waals surface area contributed by atoms with Gasteiger partial charge in [0.2, 0.25) is 0 Å². The van der Waals surface area contributed by atoms with Crippen molar-refractivity contribution in [3.8, 4) is 44.8 Å². The Morgan fingerprint density at radius 1 is 0.357 bits per heavy atom. The zero-order chi connectivity index (χ0) is 28.5. The summed E-state index contributed by atoms with van der Waals surface area (Å²) < 4.78 is 2.93. The number of hydrogen-bond acceptors (Lipinski definition) is 2. The molecular weight excluding hydrogens is 516 g/mol. The molecule has 0 fully saturated rings. The van der Waals surface area contributed by atoms with E-state index in [1.165, 1.54) is 4.57 Å². The van der Waals surface area contributed by atoms with Crippen LogP contribution in [0.5, 0.6) is 0 Å². The van der Waals surface area contributed by atoms with Gasteiger partial charge in [-0.2, -0.15) is 0 Å². The Labute approximate surface area is 243 Å². The van der Waals surface area contributed by atoms with Crippen molar-refractivity contribution >= 4 is 10.9 Å². The molecule has 0 unspecified atom stereocenters. The molecule has 0 spiro atoms. The Morgan fingerprint density at radius 2 is 0.810 bits per heavy atom. The van der Waals surface area contributed by atoms with Gasteiger partial charge < -0.3 is 0 Å². The van der Waals surface area contributed by atoms with E-state index in [0.29, 0.717) is 22.3 Å². The second kappa shape index (κ2) is 10.7. The first-order valence-electron chi connectivity index (χ1n) is 13.9. The quantitative estimate of drug-likeness (QED) is 0.220. The average molecular weight is 543 g/mol. The second-order valence-electron chi connectivity index (χ2n) is 10.2. The van der Waals surface area contributed by atoms with E-state index in [1.54, 1.807) is 10.6 Å². The fraction of sp³-hybridized carbons (Fsp3) is 0. The highest BCUT2D eigenvalue weighted by atomic mass is 16.2. The van der Waals surface area contributed by atoms with Crippen LogP contribution >= 0.6 is 0 Å². The highest BCUT2D eigenvalue weighted by Crippen LogP contribution is 2.30. The molecule has 42 heavy (non-hydrogen) atoms. The van der Waals surface area contributed by atoms with E-state index in [2.05, 4.69) is 18.2 Å². The maximum Gasteiger partial charge on any atom is 0.340 e. The van der Waals surface area contributed by atoms with Gasteiger partial charge in [0.1, 0.15) is 0 Å². The molecule has 6 aromatic carbocycles. The van der Waals surface area contributed by atoms with E-state index in [0.717, 1.165) is 33.4 Å². The maximum atomic E-state index is 14.4. The van der Waals surface area contributed by atoms with Gasteiger partial charge in [-0.15, -0.1) is 0 Å². The van der Waals surface area contributed by atoms with E-state index < -0.39 is 5.69 Å². The largest absolute Gasteiger partial charge is 0.340 e. The van der Waals surface area contributed by atoms with Crippen LogP contribution < -0.4 is 11.2 Å². The lowest BCUT2D eigenvalue weighted by Gasteiger charge is -2.16. The van der Waals surface area contributed by atoms with Crippen molar-refractivity contribution in [2.75, 3.05) is 0 Å². The van der Waals surface area contributed by atoms with Crippen molar-refractivity contribution in [2.24, 2.45) is 0 Å². The van der Waals surface area contributed by atoms with Gasteiger partial charge in [0.15, 0.2) is 0 Å². The molecule has 1 heterocycles. The van der Waals surface area contributed by atoms with Gasteiger partial charge in [-0.25, -0.2) is 9.36 Å². The zero-order valence-electron chi connectivity index (χ0n) is 22.7. The summed E-state index contributed by atoms with van der Waals surface area (Å²) >= 11 is 0. The Morgan fingerprint density at radius 3 is 1.36 bits per heavy atom. The first-order chi connectivity index (χ1) is 20.7. The van der Waals surface area contributed by atoms with Crippen LogP contribution in [0.1, 0.15) is 0 Å². The molecule has 0 aliphatic carbocycles. The summed E-state index contributed by atoms with van der Waals surface area (Å²) in [7, 11) is 0. The lowest BCUT2D eigenvalue weighted by molar-refractivity contribution is 0.835. The van der Waals surface area contributed by atoms with Crippen molar-refractivity contribution in [1.29, 1.82) is 0 Å². The van der Waals surface area contributed by atoms with Gasteiger partial charge >= 0.3 is 5.69 Å². The summed E-state index contributed by atoms with van der Waals surface area (Å²) in [6.45, 7) is 0. The Balaban J connectivity index is 1.48. The van der Waals surface area contributed by atoms with E-state index in [4.69, 9.17) is 0 Å². The first kappa shape index (κ1) is 25.2. The topological polar surface area (TPSA) is 44.0 Å². The number of benzene rings is 6. The lowest BCUT2D eigenvalue weighted by Crippen LogP contribution is -2.38. The molecule has 4 nitrogen and oxygen atoms in total. The van der Waals surface area contributed by atoms with Crippen LogP contribution in [0.3, 0.4) is 0 Å². The Hall–Kier alpha value is -5.74. The summed E-state index contributed by atoms with van der Waals surface area (Å²) in [5, 5.41) is 0.468. The molecule has 7 rings (SSSR count). The normalized spacial score (nSPS) is 11.0. The smallest absolute Gasteiger partial charge is 0.268 e. The van der Waals surface area contributed by atoms with Crippen LogP contribution in [0.15, 0.2) is 167 Å². The molecule has 0 saturated carbocycles. The number of para-hydroxylation sites is 1. The van der Waals surface area contributed by atoms with E-state index >= 15 is 0 Å². The standard InChI is InChI=1S/C38H26N2O2/c41-37-35-18-10-11-19-36(35)39(33-22-20-30(21-23-33)27-12-4-1-5-13-27)38(42)40(37)34-25-31(28-14-6-2-7-15-28)24-32(26-34)29-16-8-3-9-17-29/h1-26H. The number of rotatable bonds is 5. The molecular formula is C38H26N2O2. The van der Waals surface area contributed by atoms with Crippen molar-refractivity contribution < 1.29 is 0 Å². The van der Waals surface area contributed by atoms with Gasteiger partial charge in [0.25, 0.3) is 5.56 Å². The predicted molar refractivity (Wildman–Crippen MR) is 171 cm³/mol. The molecule has 1 aromatic heterocycles. The van der Waals surface area contributed by atoms with Gasteiger partial charge in [0.05, 0.1) is 22.3 Å². The van der Waals surface area contributed by atoms with Crippen molar-refractivity contribution in [3.05, 3.63) is 179 Å². The monoisotopic (exact) mass is 542 g/mol. The molecule has 0 radical (unpaired) electrons. The summed E-state index contributed by atoms with van der Waals surface area (Å²) in [6, 6.07) is 51.2. The number of aromatic nitrogens is 2. The minimum absolute atomic E-state index is 0.350. The minimum Gasteiger partial charge on any atom is -0.268 e. The van der Waals surface area contributed by atoms with Gasteiger partial charge in [-0.05, 0) is 75.8 Å². The first-order valence-corrected chi connectivity index (χ1v) is 13.9. The SMILES string of the molecule is O=c1c2ccccc2n(-c2ccc(-c3ccccc3)cc2)c(=O)n1-c1cc(-c2ccccc2)cc(-c2ccccc2)c1. The molecule has 0 atom stereocenters. The fourth-order valence-electron chi connectivity index (χ4n) is 5.51. The highest BCUT2D eigenvalue weighted by molar-refractivity contribution is 5.81. The van der Waals surface area contributed by atoms with Gasteiger partial charge in [-0.1, -0.05) is 115 Å². The molecule has 4 heteroatoms. The molecule has 7 aromatic rings. The third-order valence-corrected chi connectivity index (χ3v) is 7.58. The van der Waals surface area contributed by atoms with Crippen LogP contribution in [0.25, 0.3) is 55.7 Å². The third kappa shape index (κ3) is 4.55. The van der Waals surface area contributed by atoms with Crippen molar-refractivity contribution in [1.82, 2.24) is 9.13 Å². The van der Waals surface area contributed by atoms with Crippen LogP contribution in [-0.2, 0) is 0 Å². The van der Waals surface area contributed by atoms with Crippen LogP contribution in [0, 0.1) is 0 Å². The molecule has 200 valence electrons. The predicted octanol–water partition coefficient (Wildman–Crippen LogP) is 8.14. The van der Waals surface area contributed by atoms with Crippen LogP contribution in [-0.4, -0.2) is 9.13 Å². The molecule has 0 saturated heterocycles. The molecule has 0 N–H and O–H groups in total. The highest BCUT2D eigenvalue weighted by Gasteiger charge is 2.17. The molecule has 0 amide bonds. The maximum absolute atomic E-state index is 14.4. The third-order valence-electron chi connectivity index (χ3n) is 7.58. The molecule has 0 bridgehead atoms. The molecule has 0 aliphatic heterocycles. The van der Waals surface area contributed by atoms with Crippen LogP contribution in [0.4, 0.5) is 0 Å². The van der Waals surface area contributed by atoms with E-state index in [1.807, 2.05) is 133 Å². The summed E-state index contributed by atoms with van der Waals surface area (Å²) in [5.74, 6) is 0. The van der Waals surface area contributed by atoms with Gasteiger partial charge in [0, 0.05) is 0 Å². The number of fused-ring (bicyclic) bond motifs is 1. The van der Waals surface area contributed by atoms with Crippen LogP contribution in [0.2, 0.25) is 0 Å². The zero-order valence-corrected chi connectivity index (χ0v) is 22.7. The van der Waals surface area contributed by atoms with Gasteiger partial charge in [-0.3, -0.25) is 9.36 Å². The minimum atomic E-state index is -0.421. The Kier molecular flexibility index (Phi) is 6.42. The molecule has 0 aliphatic rings. The summed E-state index contributed by atoms with van der Waals surface area (Å²) in [6.07, 6.45) is 0. The van der Waals surface area contributed by atoms with Crippen molar-refractivity contribution in [2.45, 2.75) is 0 Å². The van der Waals surface area contributed by atoms with E-state index in [-0.39, 0.29) is 5.56 Å². The van der Waals surface area contributed by atoms with E-state index in [9.17, 15) is 9.59 Å². The van der Waals surface area contributed by atoms with Crippen molar-refractivity contribution in [3.63, 3.8) is 0 Å². The average Bonchev–Trinajstić information content (AvgIpc) is 3.06. The summed E-state index contributed by atoms with van der Waals surface area (Å²) in [5.41, 5.74) is 6.99.